The van der Waals surface area contributed by atoms with E-state index in [4.69, 9.17) is 21.8 Å². The van der Waals surface area contributed by atoms with Crippen LogP contribution in [-0.2, 0) is 4.79 Å². The van der Waals surface area contributed by atoms with Crippen molar-refractivity contribution in [2.45, 2.75) is 6.10 Å². The SMILES string of the molecule is O=C1C(Cl)=C(O)C=CC1O. The molecule has 1 aliphatic rings. The standard InChI is InChI=1S/C6H5ClO3/c7-5-3(8)1-2-4(9)6(5)10/h1-2,4,8-9H. The Kier molecular flexibility index (Phi) is 1.78. The van der Waals surface area contributed by atoms with Crippen LogP contribution in [-0.4, -0.2) is 22.1 Å². The Balaban J connectivity index is 3.00. The number of ketones is 1. The third-order valence-electron chi connectivity index (χ3n) is 1.15. The normalized spacial score (nSPS) is 25.8. The Morgan fingerprint density at radius 1 is 1.60 bits per heavy atom. The summed E-state index contributed by atoms with van der Waals surface area (Å²) >= 11 is 5.28. The van der Waals surface area contributed by atoms with Gasteiger partial charge in [-0.25, -0.2) is 0 Å². The van der Waals surface area contributed by atoms with E-state index in [1.807, 2.05) is 0 Å². The van der Waals surface area contributed by atoms with E-state index in [0.717, 1.165) is 0 Å². The monoisotopic (exact) mass is 160 g/mol. The molecule has 0 amide bonds. The number of Topliss-reactive ketones (excluding diaryl/α,β-unsaturated/α-hetero) is 1. The molecule has 54 valence electrons. The van der Waals surface area contributed by atoms with Crippen molar-refractivity contribution in [1.82, 2.24) is 0 Å². The molecule has 0 radical (unpaired) electrons. The number of halogens is 1. The van der Waals surface area contributed by atoms with Gasteiger partial charge in [0.05, 0.1) is 0 Å². The number of hydrogen-bond acceptors (Lipinski definition) is 3. The average molecular weight is 161 g/mol. The van der Waals surface area contributed by atoms with Gasteiger partial charge >= 0.3 is 0 Å². The minimum atomic E-state index is -1.21. The molecule has 0 aromatic heterocycles. The first-order valence-electron chi connectivity index (χ1n) is 2.62. The summed E-state index contributed by atoms with van der Waals surface area (Å²) in [7, 11) is 0. The minimum Gasteiger partial charge on any atom is -0.506 e. The van der Waals surface area contributed by atoms with E-state index in [-0.39, 0.29) is 10.8 Å². The zero-order chi connectivity index (χ0) is 7.72. The molecule has 0 aromatic carbocycles. The van der Waals surface area contributed by atoms with Crippen LogP contribution in [0.2, 0.25) is 0 Å². The highest BCUT2D eigenvalue weighted by Gasteiger charge is 2.22. The largest absolute Gasteiger partial charge is 0.506 e. The molecule has 0 aliphatic heterocycles. The van der Waals surface area contributed by atoms with Crippen molar-refractivity contribution < 1.29 is 15.0 Å². The Morgan fingerprint density at radius 2 is 2.20 bits per heavy atom. The fourth-order valence-electron chi connectivity index (χ4n) is 0.599. The summed E-state index contributed by atoms with van der Waals surface area (Å²) in [6, 6.07) is 0. The minimum absolute atomic E-state index is 0.294. The van der Waals surface area contributed by atoms with E-state index in [2.05, 4.69) is 0 Å². The summed E-state index contributed by atoms with van der Waals surface area (Å²) in [5, 5.41) is 17.3. The quantitative estimate of drug-likeness (QED) is 0.543. The molecule has 4 heteroatoms. The zero-order valence-electron chi connectivity index (χ0n) is 4.91. The molecule has 1 rings (SSSR count). The number of carbonyl (C=O) groups excluding carboxylic acids is 1. The van der Waals surface area contributed by atoms with Crippen LogP contribution in [0.4, 0.5) is 0 Å². The average Bonchev–Trinajstić information content (AvgIpc) is 1.93. The molecule has 0 heterocycles. The summed E-state index contributed by atoms with van der Waals surface area (Å²) < 4.78 is 0. The molecular formula is C6H5ClO3. The number of rotatable bonds is 0. The predicted molar refractivity (Wildman–Crippen MR) is 35.7 cm³/mol. The van der Waals surface area contributed by atoms with Gasteiger partial charge in [-0.2, -0.15) is 0 Å². The molecule has 0 saturated carbocycles. The van der Waals surface area contributed by atoms with Crippen LogP contribution in [0, 0.1) is 0 Å². The highest BCUT2D eigenvalue weighted by Crippen LogP contribution is 2.16. The highest BCUT2D eigenvalue weighted by molar-refractivity contribution is 6.44. The van der Waals surface area contributed by atoms with E-state index in [9.17, 15) is 4.79 Å². The number of aliphatic hydroxyl groups excluding tert-OH is 2. The van der Waals surface area contributed by atoms with E-state index >= 15 is 0 Å². The molecular weight excluding hydrogens is 156 g/mol. The first-order chi connectivity index (χ1) is 4.63. The third kappa shape index (κ3) is 1.05. The number of carbonyl (C=O) groups is 1. The molecule has 3 nitrogen and oxygen atoms in total. The number of hydrogen-bond donors (Lipinski definition) is 2. The Hall–Kier alpha value is -0.800. The van der Waals surface area contributed by atoms with Gasteiger partial charge in [-0.1, -0.05) is 11.6 Å². The van der Waals surface area contributed by atoms with Gasteiger partial charge in [-0.15, -0.1) is 0 Å². The fourth-order valence-corrected chi connectivity index (χ4v) is 0.774. The van der Waals surface area contributed by atoms with Crippen molar-refractivity contribution in [1.29, 1.82) is 0 Å². The number of allylic oxidation sites excluding steroid dienone is 1. The first kappa shape index (κ1) is 7.31. The summed E-state index contributed by atoms with van der Waals surface area (Å²) in [6.07, 6.45) is 1.15. The lowest BCUT2D eigenvalue weighted by Crippen LogP contribution is -2.21. The Labute approximate surface area is 62.2 Å². The smallest absolute Gasteiger partial charge is 0.210 e. The molecule has 0 aromatic rings. The molecule has 1 unspecified atom stereocenters. The van der Waals surface area contributed by atoms with Gasteiger partial charge < -0.3 is 10.2 Å². The maximum Gasteiger partial charge on any atom is 0.210 e. The van der Waals surface area contributed by atoms with Gasteiger partial charge in [0.1, 0.15) is 16.9 Å². The van der Waals surface area contributed by atoms with Gasteiger partial charge in [0.15, 0.2) is 0 Å². The summed E-state index contributed by atoms with van der Waals surface area (Å²) in [5.41, 5.74) is 0. The summed E-state index contributed by atoms with van der Waals surface area (Å²) in [5.74, 6) is -0.960. The van der Waals surface area contributed by atoms with Crippen LogP contribution in [0.25, 0.3) is 0 Å². The van der Waals surface area contributed by atoms with Gasteiger partial charge in [-0.05, 0) is 12.2 Å². The second-order valence-electron chi connectivity index (χ2n) is 1.87. The molecule has 1 aliphatic carbocycles. The summed E-state index contributed by atoms with van der Waals surface area (Å²) in [6.45, 7) is 0. The third-order valence-corrected chi connectivity index (χ3v) is 1.53. The molecule has 0 saturated heterocycles. The molecule has 2 N–H and O–H groups in total. The molecule has 0 fully saturated rings. The van der Waals surface area contributed by atoms with E-state index in [1.165, 1.54) is 12.2 Å². The van der Waals surface area contributed by atoms with Crippen LogP contribution in [0.15, 0.2) is 22.9 Å². The lowest BCUT2D eigenvalue weighted by molar-refractivity contribution is -0.120. The highest BCUT2D eigenvalue weighted by atomic mass is 35.5. The second kappa shape index (κ2) is 2.44. The van der Waals surface area contributed by atoms with Crippen LogP contribution in [0.3, 0.4) is 0 Å². The van der Waals surface area contributed by atoms with Crippen molar-refractivity contribution in [3.8, 4) is 0 Å². The second-order valence-corrected chi connectivity index (χ2v) is 2.25. The van der Waals surface area contributed by atoms with Crippen LogP contribution in [0.5, 0.6) is 0 Å². The lowest BCUT2D eigenvalue weighted by Gasteiger charge is -2.08. The zero-order valence-corrected chi connectivity index (χ0v) is 5.67. The van der Waals surface area contributed by atoms with Crippen LogP contribution >= 0.6 is 11.6 Å². The van der Waals surface area contributed by atoms with E-state index in [0.29, 0.717) is 0 Å². The fraction of sp³-hybridized carbons (Fsp3) is 0.167. The Bertz CT molecular complexity index is 229. The van der Waals surface area contributed by atoms with Crippen molar-refractivity contribution in [3.05, 3.63) is 22.9 Å². The van der Waals surface area contributed by atoms with Gasteiger partial charge in [0, 0.05) is 0 Å². The van der Waals surface area contributed by atoms with Crippen molar-refractivity contribution in [3.63, 3.8) is 0 Å². The molecule has 10 heavy (non-hydrogen) atoms. The van der Waals surface area contributed by atoms with Gasteiger partial charge in [0.2, 0.25) is 5.78 Å². The van der Waals surface area contributed by atoms with Crippen molar-refractivity contribution in [2.24, 2.45) is 0 Å². The van der Waals surface area contributed by atoms with Gasteiger partial charge in [0.25, 0.3) is 0 Å². The molecule has 1 atom stereocenters. The van der Waals surface area contributed by atoms with Crippen LogP contribution in [0.1, 0.15) is 0 Å². The van der Waals surface area contributed by atoms with Gasteiger partial charge in [-0.3, -0.25) is 4.79 Å². The summed E-state index contributed by atoms with van der Waals surface area (Å²) in [4.78, 5) is 10.7. The molecule has 0 spiro atoms. The predicted octanol–water partition coefficient (Wildman–Crippen LogP) is 0.495. The first-order valence-corrected chi connectivity index (χ1v) is 3.00. The topological polar surface area (TPSA) is 57.5 Å². The lowest BCUT2D eigenvalue weighted by atomic mass is 10.1. The maximum atomic E-state index is 10.7. The van der Waals surface area contributed by atoms with Crippen molar-refractivity contribution in [2.75, 3.05) is 0 Å². The van der Waals surface area contributed by atoms with Crippen molar-refractivity contribution >= 4 is 17.4 Å². The number of aliphatic hydroxyl groups is 2. The van der Waals surface area contributed by atoms with E-state index in [1.54, 1.807) is 0 Å². The van der Waals surface area contributed by atoms with Crippen LogP contribution < -0.4 is 0 Å². The molecule has 0 bridgehead atoms. The van der Waals surface area contributed by atoms with E-state index < -0.39 is 11.9 Å². The maximum absolute atomic E-state index is 10.7. The Morgan fingerprint density at radius 3 is 2.70 bits per heavy atom.